The summed E-state index contributed by atoms with van der Waals surface area (Å²) in [5, 5.41) is 2.45. The molecule has 3 nitrogen and oxygen atoms in total. The highest BCUT2D eigenvalue weighted by molar-refractivity contribution is 4.90. The molecule has 0 atom stereocenters. The van der Waals surface area contributed by atoms with Gasteiger partial charge in [0.1, 0.15) is 6.26 Å². The molecule has 1 aromatic rings. The molecule has 1 heterocycles. The van der Waals surface area contributed by atoms with Crippen molar-refractivity contribution in [3.05, 3.63) is 48.9 Å². The molecule has 0 aliphatic rings. The third-order valence-corrected chi connectivity index (χ3v) is 0.950. The zero-order valence-corrected chi connectivity index (χ0v) is 5.94. The number of nitrogens with one attached hydrogen (secondary N) is 1. The lowest BCUT2D eigenvalue weighted by atomic mass is 10.5. The van der Waals surface area contributed by atoms with Gasteiger partial charge in [-0.05, 0) is 12.1 Å². The summed E-state index contributed by atoms with van der Waals surface area (Å²) >= 11 is 0. The minimum Gasteiger partial charge on any atom is -0.277 e. The average Bonchev–Trinajstić information content (AvgIpc) is 2.08. The molecule has 0 spiro atoms. The van der Waals surface area contributed by atoms with Gasteiger partial charge in [0.15, 0.2) is 0 Å². The molecule has 0 saturated carbocycles. The summed E-state index contributed by atoms with van der Waals surface area (Å²) in [4.78, 5) is 0. The van der Waals surface area contributed by atoms with E-state index in [4.69, 9.17) is 0 Å². The van der Waals surface area contributed by atoms with E-state index in [1.54, 1.807) is 18.3 Å². The van der Waals surface area contributed by atoms with Crippen LogP contribution in [0.4, 0.5) is 0 Å². The van der Waals surface area contributed by atoms with Gasteiger partial charge in [0.25, 0.3) is 0 Å². The Bertz CT molecular complexity index is 169. The van der Waals surface area contributed by atoms with Crippen LogP contribution in [0.1, 0.15) is 0 Å². The Balaban J connectivity index is 3.02. The molecule has 1 rings (SSSR count). The molecule has 0 aromatic carbocycles. The fraction of sp³-hybridized carbons (Fsp3) is 0. The average molecular weight is 151 g/mol. The maximum atomic E-state index is 4.54. The second-order valence-corrected chi connectivity index (χ2v) is 1.75. The van der Waals surface area contributed by atoms with Gasteiger partial charge < -0.3 is 0 Å². The summed E-state index contributed by atoms with van der Waals surface area (Å²) in [5.74, 6) is 0. The van der Waals surface area contributed by atoms with Crippen molar-refractivity contribution in [2.75, 3.05) is 0 Å². The van der Waals surface area contributed by atoms with E-state index in [1.165, 1.54) is 6.26 Å². The van der Waals surface area contributed by atoms with Crippen LogP contribution in [0.3, 0.4) is 0 Å². The van der Waals surface area contributed by atoms with Crippen LogP contribution >= 0.6 is 0 Å². The first-order valence-electron chi connectivity index (χ1n) is 3.23. The minimum atomic E-state index is 1.43. The molecule has 1 N–H and O–H groups in total. The molecule has 3 heteroatoms. The Kier molecular flexibility index (Phi) is 3.51. The van der Waals surface area contributed by atoms with Crippen molar-refractivity contribution >= 4 is 0 Å². The van der Waals surface area contributed by atoms with E-state index < -0.39 is 0 Å². The predicted octanol–water partition coefficient (Wildman–Crippen LogP) is 2.45. The molecule has 0 saturated heterocycles. The summed E-state index contributed by atoms with van der Waals surface area (Å²) in [6.45, 7) is 0. The molecule has 11 heavy (non-hydrogen) atoms. The summed E-state index contributed by atoms with van der Waals surface area (Å²) in [5.41, 5.74) is 0. The zero-order chi connectivity index (χ0) is 7.78. The Morgan fingerprint density at radius 1 is 0.818 bits per heavy atom. The predicted molar refractivity (Wildman–Crippen MR) is 40.6 cm³/mol. The zero-order valence-electron chi connectivity index (χ0n) is 5.94. The van der Waals surface area contributed by atoms with Crippen molar-refractivity contribution in [1.29, 1.82) is 0 Å². The fourth-order valence-electron chi connectivity index (χ4n) is 0.512. The van der Waals surface area contributed by atoms with E-state index in [-0.39, 0.29) is 0 Å². The van der Waals surface area contributed by atoms with Crippen LogP contribution < -0.4 is 0 Å². The summed E-state index contributed by atoms with van der Waals surface area (Å²) in [6.07, 6.45) is 3.04. The minimum absolute atomic E-state index is 1.43. The molecule has 0 bridgehead atoms. The van der Waals surface area contributed by atoms with Crippen molar-refractivity contribution < 1.29 is 9.26 Å². The lowest BCUT2D eigenvalue weighted by molar-refractivity contribution is -0.0106. The van der Waals surface area contributed by atoms with E-state index >= 15 is 0 Å². The van der Waals surface area contributed by atoms with Crippen molar-refractivity contribution in [3.8, 4) is 0 Å². The van der Waals surface area contributed by atoms with Gasteiger partial charge in [-0.2, -0.15) is 9.84 Å². The molecule has 0 radical (unpaired) electrons. The first-order valence-corrected chi connectivity index (χ1v) is 3.23. The Morgan fingerprint density at radius 2 is 1.55 bits per heavy atom. The van der Waals surface area contributed by atoms with Crippen LogP contribution in [-0.2, 0) is 0 Å². The molecule has 0 amide bonds. The Morgan fingerprint density at radius 3 is 2.45 bits per heavy atom. The number of hydrogen-bond acceptors (Lipinski definition) is 2. The van der Waals surface area contributed by atoms with Gasteiger partial charge in [0, 0.05) is 6.20 Å². The molecule has 58 valence electrons. The Hall–Kier alpha value is -1.64. The Labute approximate surface area is 64.2 Å². The van der Waals surface area contributed by atoms with Crippen LogP contribution in [0, 0.1) is 0 Å². The van der Waals surface area contributed by atoms with Gasteiger partial charge in [-0.1, -0.05) is 24.3 Å². The number of aromatic amines is 1. The fourth-order valence-corrected chi connectivity index (χ4v) is 0.512. The van der Waals surface area contributed by atoms with E-state index in [9.17, 15) is 0 Å². The maximum absolute atomic E-state index is 4.54. The highest BCUT2D eigenvalue weighted by atomic mass is 17.0. The lowest BCUT2D eigenvalue weighted by Gasteiger charge is -1.68. The van der Waals surface area contributed by atoms with Crippen LogP contribution in [0.15, 0.2) is 58.1 Å². The van der Waals surface area contributed by atoms with Crippen molar-refractivity contribution in [3.63, 3.8) is 0 Å². The molecule has 1 aromatic heterocycles. The highest BCUT2D eigenvalue weighted by Crippen LogP contribution is 1.77. The van der Waals surface area contributed by atoms with E-state index in [0.29, 0.717) is 0 Å². The highest BCUT2D eigenvalue weighted by Gasteiger charge is 1.58. The van der Waals surface area contributed by atoms with Crippen molar-refractivity contribution in [1.82, 2.24) is 5.16 Å². The van der Waals surface area contributed by atoms with Crippen LogP contribution in [0.2, 0.25) is 0 Å². The van der Waals surface area contributed by atoms with Gasteiger partial charge in [-0.15, -0.1) is 0 Å². The van der Waals surface area contributed by atoms with Gasteiger partial charge >= 0.3 is 0 Å². The standard InChI is InChI=1S/C8H9NO2/c1-2-4-6-8-10-11-9-7-5-3-1/h1-9H. The van der Waals surface area contributed by atoms with Gasteiger partial charge in [0.05, 0.1) is 0 Å². The third-order valence-electron chi connectivity index (χ3n) is 0.950. The van der Waals surface area contributed by atoms with Gasteiger partial charge in [0.2, 0.25) is 0 Å². The quantitative estimate of drug-likeness (QED) is 0.578. The molecule has 0 fully saturated rings. The van der Waals surface area contributed by atoms with Gasteiger partial charge in [-0.25, -0.2) is 0 Å². The van der Waals surface area contributed by atoms with Crippen molar-refractivity contribution in [2.45, 2.75) is 0 Å². The number of aromatic nitrogens is 1. The summed E-state index contributed by atoms with van der Waals surface area (Å²) < 4.78 is 9.02. The molecule has 0 unspecified atom stereocenters. The number of rotatable bonds is 0. The second-order valence-electron chi connectivity index (χ2n) is 1.75. The maximum Gasteiger partial charge on any atom is 0.145 e. The smallest absolute Gasteiger partial charge is 0.145 e. The normalized spacial score (nSPS) is 8.00. The molecular formula is C8H9NO2. The van der Waals surface area contributed by atoms with E-state index in [1.807, 2.05) is 24.3 Å². The SMILES string of the molecule is c1ccccoo[nH]ccc1. The second kappa shape index (κ2) is 5.17. The number of hydrogen-bond donors (Lipinski definition) is 1. The number of H-pyrrole nitrogens is 1. The van der Waals surface area contributed by atoms with Crippen LogP contribution in [0.5, 0.6) is 0 Å². The lowest BCUT2D eigenvalue weighted by Crippen LogP contribution is -1.53. The first kappa shape index (κ1) is 7.47. The first-order chi connectivity index (χ1) is 5.50. The summed E-state index contributed by atoms with van der Waals surface area (Å²) in [7, 11) is 0. The van der Waals surface area contributed by atoms with E-state index in [2.05, 4.69) is 14.4 Å². The molecule has 0 aliphatic heterocycles. The third kappa shape index (κ3) is 3.86. The van der Waals surface area contributed by atoms with Crippen molar-refractivity contribution in [2.24, 2.45) is 0 Å². The van der Waals surface area contributed by atoms with Gasteiger partial charge in [-0.3, -0.25) is 4.58 Å². The monoisotopic (exact) mass is 151 g/mol. The van der Waals surface area contributed by atoms with E-state index in [0.717, 1.165) is 0 Å². The van der Waals surface area contributed by atoms with Crippen LogP contribution in [0.25, 0.3) is 0 Å². The molecular weight excluding hydrogens is 142 g/mol. The largest absolute Gasteiger partial charge is 0.277 e. The molecule has 0 aliphatic carbocycles. The summed E-state index contributed by atoms with van der Waals surface area (Å²) in [6, 6.07) is 11.0. The van der Waals surface area contributed by atoms with Crippen LogP contribution in [-0.4, -0.2) is 5.16 Å². The topological polar surface area (TPSA) is 42.1 Å².